The molecule has 0 atom stereocenters. The molecule has 0 unspecified atom stereocenters. The number of nitrogens with zero attached hydrogens (tertiary/aromatic N) is 1. The Morgan fingerprint density at radius 2 is 1.90 bits per heavy atom. The van der Waals surface area contributed by atoms with Crippen molar-refractivity contribution in [1.29, 1.82) is 0 Å². The molecule has 3 nitrogen and oxygen atoms in total. The Morgan fingerprint density at radius 1 is 1.19 bits per heavy atom. The maximum atomic E-state index is 12.0. The molecule has 0 radical (unpaired) electrons. The first-order valence-corrected chi connectivity index (χ1v) is 6.65. The van der Waals surface area contributed by atoms with Crippen LogP contribution in [0, 0.1) is 4.64 Å². The number of nitrogens with one attached hydrogen (secondary N) is 1. The van der Waals surface area contributed by atoms with Gasteiger partial charge in [-0.25, -0.2) is 4.98 Å². The van der Waals surface area contributed by atoms with Gasteiger partial charge in [0.15, 0.2) is 0 Å². The van der Waals surface area contributed by atoms with E-state index < -0.39 is 12.8 Å². The third-order valence-electron chi connectivity index (χ3n) is 2.63. The summed E-state index contributed by atoms with van der Waals surface area (Å²) in [5.41, 5.74) is 1.71. The molecule has 21 heavy (non-hydrogen) atoms. The van der Waals surface area contributed by atoms with E-state index >= 15 is 0 Å². The molecule has 112 valence electrons. The first-order valence-electron chi connectivity index (χ1n) is 6.24. The van der Waals surface area contributed by atoms with E-state index in [1.165, 1.54) is 0 Å². The molecule has 0 aliphatic carbocycles. The fraction of sp³-hybridized carbons (Fsp3) is 0.286. The summed E-state index contributed by atoms with van der Waals surface area (Å²) in [7, 11) is 0. The molecule has 0 spiro atoms. The van der Waals surface area contributed by atoms with E-state index in [2.05, 4.69) is 14.7 Å². The van der Waals surface area contributed by atoms with E-state index in [9.17, 15) is 13.2 Å². The molecule has 0 saturated heterocycles. The normalized spacial score (nSPS) is 11.6. The van der Waals surface area contributed by atoms with E-state index in [0.29, 0.717) is 10.5 Å². The van der Waals surface area contributed by atoms with E-state index in [1.807, 2.05) is 30.3 Å². The van der Waals surface area contributed by atoms with Gasteiger partial charge in [-0.2, -0.15) is 13.2 Å². The Balaban J connectivity index is 2.04. The average Bonchev–Trinajstić information content (AvgIpc) is 2.43. The molecule has 1 heterocycles. The van der Waals surface area contributed by atoms with Crippen molar-refractivity contribution in [2.75, 3.05) is 13.2 Å². The molecule has 0 amide bonds. The van der Waals surface area contributed by atoms with Crippen LogP contribution < -0.4 is 0 Å². The number of benzene rings is 1. The lowest BCUT2D eigenvalue weighted by Crippen LogP contribution is -2.18. The maximum Gasteiger partial charge on any atom is 0.411 e. The van der Waals surface area contributed by atoms with Crippen molar-refractivity contribution >= 4 is 12.2 Å². The van der Waals surface area contributed by atoms with Crippen LogP contribution in [0.1, 0.15) is 5.82 Å². The van der Waals surface area contributed by atoms with Gasteiger partial charge in [0.1, 0.15) is 17.1 Å². The first-order chi connectivity index (χ1) is 9.94. The lowest BCUT2D eigenvalue weighted by Gasteiger charge is -2.08. The highest BCUT2D eigenvalue weighted by atomic mass is 32.1. The summed E-state index contributed by atoms with van der Waals surface area (Å²) in [5, 5.41) is 0. The van der Waals surface area contributed by atoms with Crippen molar-refractivity contribution in [2.45, 2.75) is 12.6 Å². The fourth-order valence-corrected chi connectivity index (χ4v) is 1.98. The predicted molar refractivity (Wildman–Crippen MR) is 75.4 cm³/mol. The van der Waals surface area contributed by atoms with Crippen LogP contribution in [0.3, 0.4) is 0 Å². The van der Waals surface area contributed by atoms with Gasteiger partial charge in [0, 0.05) is 12.1 Å². The van der Waals surface area contributed by atoms with E-state index in [0.717, 1.165) is 11.3 Å². The number of alkyl halides is 3. The SMILES string of the molecule is FC(F)(F)COCCc1nc(=S)cc(-c2ccccc2)[nH]1. The van der Waals surface area contributed by atoms with Gasteiger partial charge in [-0.05, 0) is 11.6 Å². The topological polar surface area (TPSA) is 37.9 Å². The van der Waals surface area contributed by atoms with Gasteiger partial charge in [0.2, 0.25) is 0 Å². The van der Waals surface area contributed by atoms with Crippen LogP contribution in [0.2, 0.25) is 0 Å². The highest BCUT2D eigenvalue weighted by Crippen LogP contribution is 2.17. The molecular weight excluding hydrogens is 301 g/mol. The van der Waals surface area contributed by atoms with Crippen molar-refractivity contribution in [3.05, 3.63) is 46.9 Å². The molecule has 0 bridgehead atoms. The molecule has 1 N–H and O–H groups in total. The second-order valence-electron chi connectivity index (χ2n) is 4.36. The highest BCUT2D eigenvalue weighted by molar-refractivity contribution is 7.71. The van der Waals surface area contributed by atoms with E-state index in [1.54, 1.807) is 6.07 Å². The molecular formula is C14H13F3N2OS. The zero-order valence-corrected chi connectivity index (χ0v) is 11.8. The lowest BCUT2D eigenvalue weighted by atomic mass is 10.1. The van der Waals surface area contributed by atoms with Gasteiger partial charge in [0.25, 0.3) is 0 Å². The molecule has 2 aromatic rings. The third kappa shape index (κ3) is 5.28. The molecule has 2 rings (SSSR count). The lowest BCUT2D eigenvalue weighted by molar-refractivity contribution is -0.173. The average molecular weight is 314 g/mol. The largest absolute Gasteiger partial charge is 0.411 e. The highest BCUT2D eigenvalue weighted by Gasteiger charge is 2.27. The molecule has 1 aromatic heterocycles. The number of aromatic nitrogens is 2. The van der Waals surface area contributed by atoms with Crippen LogP contribution in [0.4, 0.5) is 13.2 Å². The fourth-order valence-electron chi connectivity index (χ4n) is 1.76. The maximum absolute atomic E-state index is 12.0. The number of rotatable bonds is 5. The zero-order chi connectivity index (χ0) is 15.3. The minimum Gasteiger partial charge on any atom is -0.372 e. The Labute approximate surface area is 124 Å². The quantitative estimate of drug-likeness (QED) is 0.671. The third-order valence-corrected chi connectivity index (χ3v) is 2.83. The Morgan fingerprint density at radius 3 is 2.57 bits per heavy atom. The van der Waals surface area contributed by atoms with Crippen molar-refractivity contribution in [2.24, 2.45) is 0 Å². The standard InChI is InChI=1S/C14H13F3N2OS/c15-14(16,17)9-20-7-6-12-18-11(8-13(21)19-12)10-4-2-1-3-5-10/h1-5,8H,6-7,9H2,(H,18,19,21). The second kappa shape index (κ2) is 6.82. The van der Waals surface area contributed by atoms with Gasteiger partial charge in [-0.15, -0.1) is 0 Å². The van der Waals surface area contributed by atoms with Crippen molar-refractivity contribution < 1.29 is 17.9 Å². The van der Waals surface area contributed by atoms with Gasteiger partial charge < -0.3 is 9.72 Å². The zero-order valence-electron chi connectivity index (χ0n) is 11.0. The van der Waals surface area contributed by atoms with Crippen LogP contribution in [-0.4, -0.2) is 29.4 Å². The predicted octanol–water partition coefficient (Wildman–Crippen LogP) is 3.93. The van der Waals surface area contributed by atoms with Gasteiger partial charge >= 0.3 is 6.18 Å². The van der Waals surface area contributed by atoms with Gasteiger partial charge in [-0.1, -0.05) is 42.5 Å². The number of hydrogen-bond donors (Lipinski definition) is 1. The summed E-state index contributed by atoms with van der Waals surface area (Å²) < 4.78 is 40.9. The summed E-state index contributed by atoms with van der Waals surface area (Å²) in [6, 6.07) is 11.2. The minimum atomic E-state index is -4.31. The number of halogens is 3. The minimum absolute atomic E-state index is 0.0734. The van der Waals surface area contributed by atoms with Gasteiger partial charge in [0.05, 0.1) is 6.61 Å². The van der Waals surface area contributed by atoms with Crippen LogP contribution in [-0.2, 0) is 11.2 Å². The number of H-pyrrole nitrogens is 1. The van der Waals surface area contributed by atoms with E-state index in [-0.39, 0.29) is 13.0 Å². The molecule has 0 aliphatic rings. The number of hydrogen-bond acceptors (Lipinski definition) is 3. The van der Waals surface area contributed by atoms with Gasteiger partial charge in [-0.3, -0.25) is 0 Å². The first kappa shape index (κ1) is 15.7. The van der Waals surface area contributed by atoms with Crippen LogP contribution >= 0.6 is 12.2 Å². The smallest absolute Gasteiger partial charge is 0.372 e. The van der Waals surface area contributed by atoms with E-state index in [4.69, 9.17) is 12.2 Å². The number of aromatic amines is 1. The van der Waals surface area contributed by atoms with Crippen LogP contribution in [0.5, 0.6) is 0 Å². The summed E-state index contributed by atoms with van der Waals surface area (Å²) in [6.45, 7) is -1.33. The second-order valence-corrected chi connectivity index (χ2v) is 4.78. The summed E-state index contributed by atoms with van der Waals surface area (Å²) >= 11 is 5.07. The molecule has 1 aromatic carbocycles. The molecule has 0 saturated carbocycles. The summed E-state index contributed by atoms with van der Waals surface area (Å²) in [5.74, 6) is 0.503. The molecule has 0 aliphatic heterocycles. The Kier molecular flexibility index (Phi) is 5.08. The molecule has 0 fully saturated rings. The number of ether oxygens (including phenoxy) is 1. The molecule has 7 heteroatoms. The summed E-state index contributed by atoms with van der Waals surface area (Å²) in [6.07, 6.45) is -4.08. The van der Waals surface area contributed by atoms with Crippen LogP contribution in [0.15, 0.2) is 36.4 Å². The van der Waals surface area contributed by atoms with Crippen molar-refractivity contribution in [3.63, 3.8) is 0 Å². The van der Waals surface area contributed by atoms with Crippen LogP contribution in [0.25, 0.3) is 11.3 Å². The Hall–Kier alpha value is -1.73. The van der Waals surface area contributed by atoms with Crippen molar-refractivity contribution in [1.82, 2.24) is 9.97 Å². The Bertz CT molecular complexity index is 641. The monoisotopic (exact) mass is 314 g/mol. The van der Waals surface area contributed by atoms with Crippen molar-refractivity contribution in [3.8, 4) is 11.3 Å². The summed E-state index contributed by atoms with van der Waals surface area (Å²) in [4.78, 5) is 7.15.